The normalized spacial score (nSPS) is 12.5. The van der Waals surface area contributed by atoms with Gasteiger partial charge in [-0.2, -0.15) is 0 Å². The van der Waals surface area contributed by atoms with E-state index in [1.54, 1.807) is 17.5 Å². The van der Waals surface area contributed by atoms with Crippen LogP contribution in [0.1, 0.15) is 10.6 Å². The van der Waals surface area contributed by atoms with Gasteiger partial charge in [0, 0.05) is 35.1 Å². The van der Waals surface area contributed by atoms with Crippen LogP contribution >= 0.6 is 34.3 Å². The quantitative estimate of drug-likeness (QED) is 0.505. The van der Waals surface area contributed by atoms with Gasteiger partial charge in [-0.05, 0) is 41.6 Å². The first-order valence-corrected chi connectivity index (χ1v) is 10.2. The van der Waals surface area contributed by atoms with E-state index < -0.39 is 0 Å². The van der Waals surface area contributed by atoms with Gasteiger partial charge in [-0.15, -0.1) is 11.3 Å². The lowest BCUT2D eigenvalue weighted by Crippen LogP contribution is -2.25. The van der Waals surface area contributed by atoms with E-state index in [0.29, 0.717) is 11.6 Å². The summed E-state index contributed by atoms with van der Waals surface area (Å²) >= 11 is 9.08. The summed E-state index contributed by atoms with van der Waals surface area (Å²) in [6.45, 7) is 0. The molecule has 132 valence electrons. The molecule has 4 N–H and O–H groups in total. The second kappa shape index (κ2) is 7.32. The third kappa shape index (κ3) is 3.73. The van der Waals surface area contributed by atoms with E-state index in [4.69, 9.17) is 23.1 Å². The molecule has 0 aliphatic heterocycles. The summed E-state index contributed by atoms with van der Waals surface area (Å²) in [6.07, 6.45) is 5.11. The Morgan fingerprint density at radius 1 is 1.04 bits per heavy atom. The van der Waals surface area contributed by atoms with Crippen molar-refractivity contribution in [2.24, 2.45) is 5.73 Å². The van der Waals surface area contributed by atoms with Gasteiger partial charge in [0.1, 0.15) is 0 Å². The molecule has 3 aromatic heterocycles. The van der Waals surface area contributed by atoms with E-state index in [1.165, 1.54) is 16.2 Å². The number of aromatic nitrogens is 2. The minimum Gasteiger partial charge on any atom is -0.375 e. The molecule has 3 heterocycles. The average Bonchev–Trinajstić information content (AvgIpc) is 3.19. The van der Waals surface area contributed by atoms with Crippen molar-refractivity contribution < 1.29 is 0 Å². The molecule has 0 radical (unpaired) electrons. The van der Waals surface area contributed by atoms with Gasteiger partial charge in [-0.25, -0.2) is 4.98 Å². The van der Waals surface area contributed by atoms with Gasteiger partial charge in [0.2, 0.25) is 0 Å². The maximum atomic E-state index is 6.37. The Balaban J connectivity index is 1.61. The van der Waals surface area contributed by atoms with Gasteiger partial charge < -0.3 is 11.5 Å². The first-order chi connectivity index (χ1) is 12.6. The van der Waals surface area contributed by atoms with Crippen LogP contribution in [0.5, 0.6) is 0 Å². The maximum Gasteiger partial charge on any atom is 0.180 e. The summed E-state index contributed by atoms with van der Waals surface area (Å²) in [4.78, 5) is 11.0. The van der Waals surface area contributed by atoms with E-state index in [0.717, 1.165) is 37.7 Å². The molecule has 0 aliphatic rings. The van der Waals surface area contributed by atoms with Crippen molar-refractivity contribution in [1.29, 1.82) is 0 Å². The highest BCUT2D eigenvalue weighted by Gasteiger charge is 2.16. The molecule has 1 atom stereocenters. The zero-order chi connectivity index (χ0) is 18.1. The molecule has 0 unspecified atom stereocenters. The fourth-order valence-corrected chi connectivity index (χ4v) is 5.04. The summed E-state index contributed by atoms with van der Waals surface area (Å²) in [6, 6.07) is 12.2. The van der Waals surface area contributed by atoms with Gasteiger partial charge in [0.25, 0.3) is 0 Å². The second-order valence-corrected chi connectivity index (χ2v) is 8.97. The van der Waals surface area contributed by atoms with E-state index >= 15 is 0 Å². The Hall–Kier alpha value is -1.99. The van der Waals surface area contributed by atoms with Crippen molar-refractivity contribution in [2.45, 2.75) is 18.9 Å². The number of nitrogens with two attached hydrogens (primary N) is 2. The lowest BCUT2D eigenvalue weighted by atomic mass is 10.0. The van der Waals surface area contributed by atoms with Crippen molar-refractivity contribution in [3.63, 3.8) is 0 Å². The number of hydrogen-bond acceptors (Lipinski definition) is 6. The Morgan fingerprint density at radius 3 is 2.73 bits per heavy atom. The molecule has 1 aromatic carbocycles. The highest BCUT2D eigenvalue weighted by atomic mass is 35.5. The van der Waals surface area contributed by atoms with Gasteiger partial charge >= 0.3 is 0 Å². The first kappa shape index (κ1) is 17.4. The molecule has 0 saturated heterocycles. The van der Waals surface area contributed by atoms with E-state index in [1.807, 2.05) is 24.4 Å². The molecule has 4 aromatic rings. The fourth-order valence-electron chi connectivity index (χ4n) is 3.00. The van der Waals surface area contributed by atoms with E-state index in [2.05, 4.69) is 28.2 Å². The van der Waals surface area contributed by atoms with Gasteiger partial charge in [-0.1, -0.05) is 35.1 Å². The van der Waals surface area contributed by atoms with E-state index in [9.17, 15) is 0 Å². The summed E-state index contributed by atoms with van der Waals surface area (Å²) in [5.74, 6) is 0. The topological polar surface area (TPSA) is 77.8 Å². The number of rotatable bonds is 5. The number of fused-ring (bicyclic) bond motifs is 1. The molecule has 0 bridgehead atoms. The first-order valence-electron chi connectivity index (χ1n) is 8.17. The minimum atomic E-state index is -0.0328. The molecule has 0 amide bonds. The van der Waals surface area contributed by atoms with Crippen LogP contribution in [0.2, 0.25) is 4.34 Å². The summed E-state index contributed by atoms with van der Waals surface area (Å²) in [5.41, 5.74) is 14.4. The molecule has 0 saturated carbocycles. The van der Waals surface area contributed by atoms with Crippen LogP contribution in [0, 0.1) is 0 Å². The van der Waals surface area contributed by atoms with Crippen molar-refractivity contribution in [2.75, 3.05) is 5.73 Å². The van der Waals surface area contributed by atoms with Crippen molar-refractivity contribution >= 4 is 50.2 Å². The smallest absolute Gasteiger partial charge is 0.180 e. The lowest BCUT2D eigenvalue weighted by molar-refractivity contribution is 0.663. The highest BCUT2D eigenvalue weighted by Crippen LogP contribution is 2.34. The van der Waals surface area contributed by atoms with Crippen molar-refractivity contribution in [3.05, 3.63) is 63.7 Å². The van der Waals surface area contributed by atoms with Crippen LogP contribution in [0.25, 0.3) is 21.2 Å². The Morgan fingerprint density at radius 2 is 1.92 bits per heavy atom. The SMILES string of the molecule is Nc1nc(C[C@H](N)Cc2ccc(Cl)s2)c(-c2ccc3cnccc3c2)s1. The standard InChI is InChI=1S/C19H17ClN4S2/c20-17-4-3-15(25-17)8-14(21)9-16-18(26-19(22)24-16)12-1-2-13-10-23-6-5-11(13)7-12/h1-7,10,14H,8-9,21H2,(H2,22,24)/t14-/m1/s1. The lowest BCUT2D eigenvalue weighted by Gasteiger charge is -2.10. The van der Waals surface area contributed by atoms with E-state index in [-0.39, 0.29) is 6.04 Å². The van der Waals surface area contributed by atoms with Gasteiger partial charge in [0.05, 0.1) is 14.9 Å². The van der Waals surface area contributed by atoms with Crippen LogP contribution < -0.4 is 11.5 Å². The fraction of sp³-hybridized carbons (Fsp3) is 0.158. The Bertz CT molecular complexity index is 1060. The summed E-state index contributed by atoms with van der Waals surface area (Å²) in [5, 5.41) is 2.82. The monoisotopic (exact) mass is 400 g/mol. The number of thiazole rings is 1. The number of halogens is 1. The molecule has 7 heteroatoms. The van der Waals surface area contributed by atoms with Crippen molar-refractivity contribution in [3.8, 4) is 10.4 Å². The maximum absolute atomic E-state index is 6.37. The van der Waals surface area contributed by atoms with Crippen LogP contribution in [-0.2, 0) is 12.8 Å². The average molecular weight is 401 g/mol. The Kier molecular flexibility index (Phi) is 4.91. The Labute approximate surface area is 164 Å². The summed E-state index contributed by atoms with van der Waals surface area (Å²) < 4.78 is 0.788. The van der Waals surface area contributed by atoms with Crippen molar-refractivity contribution in [1.82, 2.24) is 9.97 Å². The molecule has 0 aliphatic carbocycles. The molecular formula is C19H17ClN4S2. The van der Waals surface area contributed by atoms with Gasteiger partial charge in [-0.3, -0.25) is 4.98 Å². The predicted octanol–water partition coefficient (Wildman–Crippen LogP) is 4.77. The zero-order valence-electron chi connectivity index (χ0n) is 13.9. The van der Waals surface area contributed by atoms with Crippen LogP contribution in [0.3, 0.4) is 0 Å². The molecule has 0 spiro atoms. The molecule has 0 fully saturated rings. The third-order valence-corrected chi connectivity index (χ3v) is 6.39. The second-order valence-electron chi connectivity index (χ2n) is 6.14. The number of pyridine rings is 1. The third-order valence-electron chi connectivity index (χ3n) is 4.16. The molecule has 4 nitrogen and oxygen atoms in total. The minimum absolute atomic E-state index is 0.0328. The number of nitrogen functional groups attached to an aromatic ring is 1. The number of nitrogens with zero attached hydrogens (tertiary/aromatic N) is 2. The number of hydrogen-bond donors (Lipinski definition) is 2. The van der Waals surface area contributed by atoms with Crippen LogP contribution in [0.15, 0.2) is 48.8 Å². The molecular weight excluding hydrogens is 384 g/mol. The number of thiophene rings is 1. The zero-order valence-corrected chi connectivity index (χ0v) is 16.2. The predicted molar refractivity (Wildman–Crippen MR) is 112 cm³/mol. The largest absolute Gasteiger partial charge is 0.375 e. The van der Waals surface area contributed by atoms with Crippen LogP contribution in [-0.4, -0.2) is 16.0 Å². The summed E-state index contributed by atoms with van der Waals surface area (Å²) in [7, 11) is 0. The number of benzene rings is 1. The molecule has 26 heavy (non-hydrogen) atoms. The highest BCUT2D eigenvalue weighted by molar-refractivity contribution is 7.19. The number of anilines is 1. The van der Waals surface area contributed by atoms with Gasteiger partial charge in [0.15, 0.2) is 5.13 Å². The molecule has 4 rings (SSSR count). The van der Waals surface area contributed by atoms with Crippen LogP contribution in [0.4, 0.5) is 5.13 Å².